The van der Waals surface area contributed by atoms with Gasteiger partial charge < -0.3 is 18.9 Å². The molecule has 0 amide bonds. The van der Waals surface area contributed by atoms with Gasteiger partial charge in [0.2, 0.25) is 0 Å². The lowest BCUT2D eigenvalue weighted by Crippen LogP contribution is -2.55. The largest absolute Gasteiger partial charge is 0.463 e. The van der Waals surface area contributed by atoms with E-state index in [0.717, 1.165) is 0 Å². The summed E-state index contributed by atoms with van der Waals surface area (Å²) in [7, 11) is 0. The molecule has 1 aliphatic heterocycles. The fourth-order valence-corrected chi connectivity index (χ4v) is 2.78. The molecule has 0 radical (unpaired) electrons. The van der Waals surface area contributed by atoms with Crippen LogP contribution in [0.5, 0.6) is 0 Å². The van der Waals surface area contributed by atoms with Crippen LogP contribution in [0.25, 0.3) is 0 Å². The van der Waals surface area contributed by atoms with E-state index in [2.05, 4.69) is 15.9 Å². The highest BCUT2D eigenvalue weighted by Crippen LogP contribution is 2.33. The number of esters is 3. The molecule has 0 spiro atoms. The molecule has 8 heteroatoms. The van der Waals surface area contributed by atoms with Gasteiger partial charge in [0.25, 0.3) is 0 Å². The number of rotatable bonds is 4. The second kappa shape index (κ2) is 7.74. The minimum atomic E-state index is -0.769. The molecule has 0 aromatic rings. The van der Waals surface area contributed by atoms with Crippen LogP contribution in [0.4, 0.5) is 0 Å². The van der Waals surface area contributed by atoms with Gasteiger partial charge in [-0.05, 0) is 0 Å². The Morgan fingerprint density at radius 3 is 2.00 bits per heavy atom. The van der Waals surface area contributed by atoms with Crippen molar-refractivity contribution < 1.29 is 33.3 Å². The molecular weight excluding hydrogens is 348 g/mol. The fraction of sp³-hybridized carbons (Fsp3) is 0.769. The van der Waals surface area contributed by atoms with Gasteiger partial charge in [0.15, 0.2) is 11.1 Å². The van der Waals surface area contributed by atoms with E-state index < -0.39 is 41.2 Å². The number of hydrogen-bond donors (Lipinski definition) is 0. The molecule has 0 aromatic carbocycles. The summed E-state index contributed by atoms with van der Waals surface area (Å²) in [6, 6.07) is 0. The molecule has 0 aliphatic carbocycles. The quantitative estimate of drug-likeness (QED) is 0.419. The minimum absolute atomic E-state index is 0.0309. The predicted octanol–water partition coefficient (Wildman–Crippen LogP) is 1.17. The zero-order chi connectivity index (χ0) is 16.2. The second-order valence-electron chi connectivity index (χ2n) is 4.84. The Kier molecular flexibility index (Phi) is 6.60. The standard InChI is InChI=1S/C13H19BrO7/c1-6-10(5-18-7(2)15)21-13(14)12(20-9(4)17)11(6)19-8(3)16/h6,10-13H,5H2,1-4H3/t6-,10?,11-,12?,13+/m0/s1. The molecule has 1 heterocycles. The minimum Gasteiger partial charge on any atom is -0.463 e. The van der Waals surface area contributed by atoms with Crippen molar-refractivity contribution in [2.24, 2.45) is 5.92 Å². The van der Waals surface area contributed by atoms with Gasteiger partial charge in [-0.2, -0.15) is 0 Å². The molecule has 1 saturated heterocycles. The molecule has 0 saturated carbocycles. The topological polar surface area (TPSA) is 88.1 Å². The molecule has 120 valence electrons. The van der Waals surface area contributed by atoms with Gasteiger partial charge in [0.05, 0.1) is 6.10 Å². The molecule has 5 atom stereocenters. The summed E-state index contributed by atoms with van der Waals surface area (Å²) < 4.78 is 21.0. The summed E-state index contributed by atoms with van der Waals surface area (Å²) in [4.78, 5) is 33.3. The highest BCUT2D eigenvalue weighted by molar-refractivity contribution is 9.09. The first-order valence-corrected chi connectivity index (χ1v) is 7.41. The summed E-state index contributed by atoms with van der Waals surface area (Å²) in [6.07, 6.45) is -1.94. The van der Waals surface area contributed by atoms with E-state index in [4.69, 9.17) is 18.9 Å². The van der Waals surface area contributed by atoms with E-state index in [9.17, 15) is 14.4 Å². The first-order valence-electron chi connectivity index (χ1n) is 6.49. The second-order valence-corrected chi connectivity index (χ2v) is 5.74. The number of alkyl halides is 1. The maximum Gasteiger partial charge on any atom is 0.303 e. The Bertz CT molecular complexity index is 411. The SMILES string of the molecule is CC(=O)OCC1O[C@@H](Br)C(OC(C)=O)[C@@H](OC(C)=O)[C@H]1C. The van der Waals surface area contributed by atoms with Crippen molar-refractivity contribution in [2.45, 2.75) is 51.0 Å². The van der Waals surface area contributed by atoms with Crippen molar-refractivity contribution >= 4 is 33.8 Å². The molecule has 21 heavy (non-hydrogen) atoms. The van der Waals surface area contributed by atoms with E-state index >= 15 is 0 Å². The number of ether oxygens (including phenoxy) is 4. The van der Waals surface area contributed by atoms with Crippen LogP contribution in [-0.2, 0) is 33.3 Å². The Morgan fingerprint density at radius 2 is 1.52 bits per heavy atom. The molecule has 0 bridgehead atoms. The maximum atomic E-state index is 11.3. The zero-order valence-electron chi connectivity index (χ0n) is 12.3. The molecular formula is C13H19BrO7. The Hall–Kier alpha value is -1.15. The number of carbonyl (C=O) groups is 3. The predicted molar refractivity (Wildman–Crippen MR) is 74.5 cm³/mol. The van der Waals surface area contributed by atoms with Crippen molar-refractivity contribution in [1.82, 2.24) is 0 Å². The van der Waals surface area contributed by atoms with Crippen molar-refractivity contribution in [3.05, 3.63) is 0 Å². The molecule has 0 N–H and O–H groups in total. The van der Waals surface area contributed by atoms with Crippen LogP contribution in [0, 0.1) is 5.92 Å². The Balaban J connectivity index is 2.87. The first kappa shape index (κ1) is 17.9. The number of hydrogen-bond acceptors (Lipinski definition) is 7. The number of carbonyl (C=O) groups excluding carboxylic acids is 3. The lowest BCUT2D eigenvalue weighted by Gasteiger charge is -2.42. The average molecular weight is 367 g/mol. The van der Waals surface area contributed by atoms with E-state index in [1.807, 2.05) is 0 Å². The van der Waals surface area contributed by atoms with E-state index in [0.29, 0.717) is 0 Å². The molecule has 7 nitrogen and oxygen atoms in total. The highest BCUT2D eigenvalue weighted by Gasteiger charge is 2.47. The first-order chi connectivity index (χ1) is 9.72. The number of halogens is 1. The van der Waals surface area contributed by atoms with Crippen LogP contribution in [0.15, 0.2) is 0 Å². The zero-order valence-corrected chi connectivity index (χ0v) is 13.9. The lowest BCUT2D eigenvalue weighted by atomic mass is 9.91. The van der Waals surface area contributed by atoms with Gasteiger partial charge in [-0.1, -0.05) is 22.9 Å². The molecule has 1 fully saturated rings. The van der Waals surface area contributed by atoms with Crippen molar-refractivity contribution in [3.8, 4) is 0 Å². The van der Waals surface area contributed by atoms with Crippen LogP contribution in [0.2, 0.25) is 0 Å². The van der Waals surface area contributed by atoms with Gasteiger partial charge in [-0.15, -0.1) is 0 Å². The maximum absolute atomic E-state index is 11.3. The van der Waals surface area contributed by atoms with Gasteiger partial charge in [-0.3, -0.25) is 14.4 Å². The van der Waals surface area contributed by atoms with E-state index in [1.165, 1.54) is 20.8 Å². The highest BCUT2D eigenvalue weighted by atomic mass is 79.9. The lowest BCUT2D eigenvalue weighted by molar-refractivity contribution is -0.212. The van der Waals surface area contributed by atoms with Crippen LogP contribution < -0.4 is 0 Å². The van der Waals surface area contributed by atoms with Gasteiger partial charge in [-0.25, -0.2) is 0 Å². The third kappa shape index (κ3) is 5.28. The van der Waals surface area contributed by atoms with Crippen LogP contribution in [0.3, 0.4) is 0 Å². The third-order valence-electron chi connectivity index (χ3n) is 3.05. The summed E-state index contributed by atoms with van der Waals surface area (Å²) in [5.41, 5.74) is 0. The van der Waals surface area contributed by atoms with Crippen LogP contribution in [-0.4, -0.2) is 47.8 Å². The average Bonchev–Trinajstić information content (AvgIpc) is 2.35. The summed E-state index contributed by atoms with van der Waals surface area (Å²) in [6.45, 7) is 5.64. The Labute approximate surface area is 131 Å². The van der Waals surface area contributed by atoms with Crippen LogP contribution in [0.1, 0.15) is 27.7 Å². The molecule has 1 aliphatic rings. The smallest absolute Gasteiger partial charge is 0.303 e. The molecule has 1 rings (SSSR count). The van der Waals surface area contributed by atoms with Gasteiger partial charge in [0.1, 0.15) is 12.7 Å². The fourth-order valence-electron chi connectivity index (χ4n) is 2.10. The summed E-state index contributed by atoms with van der Waals surface area (Å²) in [5.74, 6) is -1.73. The van der Waals surface area contributed by atoms with Gasteiger partial charge >= 0.3 is 17.9 Å². The van der Waals surface area contributed by atoms with E-state index in [1.54, 1.807) is 6.92 Å². The van der Waals surface area contributed by atoms with Crippen molar-refractivity contribution in [1.29, 1.82) is 0 Å². The monoisotopic (exact) mass is 366 g/mol. The van der Waals surface area contributed by atoms with E-state index in [-0.39, 0.29) is 12.5 Å². The van der Waals surface area contributed by atoms with Crippen molar-refractivity contribution in [3.63, 3.8) is 0 Å². The van der Waals surface area contributed by atoms with Gasteiger partial charge in [0, 0.05) is 26.7 Å². The molecule has 2 unspecified atom stereocenters. The summed E-state index contributed by atoms with van der Waals surface area (Å²) >= 11 is 3.26. The normalized spacial score (nSPS) is 32.1. The summed E-state index contributed by atoms with van der Waals surface area (Å²) in [5, 5.41) is -0.664. The Morgan fingerprint density at radius 1 is 1.00 bits per heavy atom. The van der Waals surface area contributed by atoms with Crippen molar-refractivity contribution in [2.75, 3.05) is 6.61 Å². The third-order valence-corrected chi connectivity index (χ3v) is 3.78. The van der Waals surface area contributed by atoms with Crippen LogP contribution >= 0.6 is 15.9 Å². The molecule has 0 aromatic heterocycles.